The zero-order valence-electron chi connectivity index (χ0n) is 9.63. The van der Waals surface area contributed by atoms with Crippen molar-refractivity contribution >= 4 is 34.5 Å². The topological polar surface area (TPSA) is 12.0 Å². The molecule has 17 heavy (non-hydrogen) atoms. The molecule has 4 heteroatoms. The Morgan fingerprint density at radius 2 is 1.71 bits per heavy atom. The van der Waals surface area contributed by atoms with E-state index < -0.39 is 0 Å². The van der Waals surface area contributed by atoms with Crippen LogP contribution >= 0.6 is 34.5 Å². The van der Waals surface area contributed by atoms with Crippen LogP contribution in [0.3, 0.4) is 0 Å². The fourth-order valence-corrected chi connectivity index (χ4v) is 3.16. The molecule has 1 heterocycles. The number of rotatable bonds is 3. The van der Waals surface area contributed by atoms with Gasteiger partial charge in [-0.05, 0) is 54.7 Å². The maximum atomic E-state index is 6.03. The molecule has 0 saturated heterocycles. The van der Waals surface area contributed by atoms with E-state index in [1.807, 2.05) is 19.2 Å². The van der Waals surface area contributed by atoms with E-state index >= 15 is 0 Å². The van der Waals surface area contributed by atoms with Crippen molar-refractivity contribution < 1.29 is 0 Å². The largest absolute Gasteiger partial charge is 0.309 e. The maximum Gasteiger partial charge on any atom is 0.0583 e. The van der Waals surface area contributed by atoms with E-state index in [-0.39, 0.29) is 6.04 Å². The quantitative estimate of drug-likeness (QED) is 0.864. The Morgan fingerprint density at radius 3 is 2.18 bits per heavy atom. The summed E-state index contributed by atoms with van der Waals surface area (Å²) in [5.41, 5.74) is 2.33. The molecule has 0 spiro atoms. The zero-order valence-corrected chi connectivity index (χ0v) is 12.0. The van der Waals surface area contributed by atoms with E-state index in [4.69, 9.17) is 23.2 Å². The SMILES string of the molecule is CNC(c1cc(Cl)cc(Cl)c1)c1csc(C)c1. The predicted octanol–water partition coefficient (Wildman–Crippen LogP) is 4.67. The lowest BCUT2D eigenvalue weighted by Gasteiger charge is -2.16. The third-order valence-corrected chi connectivity index (χ3v) is 3.91. The monoisotopic (exact) mass is 285 g/mol. The fraction of sp³-hybridized carbons (Fsp3) is 0.231. The van der Waals surface area contributed by atoms with Crippen LogP contribution in [0.4, 0.5) is 0 Å². The minimum atomic E-state index is 0.135. The molecule has 1 N–H and O–H groups in total. The number of benzene rings is 1. The molecule has 1 nitrogen and oxygen atoms in total. The van der Waals surface area contributed by atoms with Crippen LogP contribution in [-0.2, 0) is 0 Å². The van der Waals surface area contributed by atoms with Gasteiger partial charge in [-0.3, -0.25) is 0 Å². The fourth-order valence-electron chi connectivity index (χ4n) is 1.88. The molecule has 1 aromatic carbocycles. The van der Waals surface area contributed by atoms with Gasteiger partial charge in [0.15, 0.2) is 0 Å². The van der Waals surface area contributed by atoms with Crippen molar-refractivity contribution in [2.75, 3.05) is 7.05 Å². The summed E-state index contributed by atoms with van der Waals surface area (Å²) >= 11 is 13.8. The molecule has 90 valence electrons. The van der Waals surface area contributed by atoms with Crippen molar-refractivity contribution in [2.24, 2.45) is 0 Å². The van der Waals surface area contributed by atoms with Crippen molar-refractivity contribution in [1.82, 2.24) is 5.32 Å². The lowest BCUT2D eigenvalue weighted by Crippen LogP contribution is -2.16. The molecule has 0 aliphatic carbocycles. The summed E-state index contributed by atoms with van der Waals surface area (Å²) in [5, 5.41) is 6.78. The van der Waals surface area contributed by atoms with E-state index in [1.165, 1.54) is 10.4 Å². The van der Waals surface area contributed by atoms with Gasteiger partial charge in [0.05, 0.1) is 6.04 Å². The average Bonchev–Trinajstić information content (AvgIpc) is 2.64. The summed E-state index contributed by atoms with van der Waals surface area (Å²) in [6.45, 7) is 2.10. The number of halogens is 2. The molecule has 1 aromatic heterocycles. The summed E-state index contributed by atoms with van der Waals surface area (Å²) < 4.78 is 0. The first kappa shape index (κ1) is 12.9. The number of nitrogens with one attached hydrogen (secondary N) is 1. The van der Waals surface area contributed by atoms with Gasteiger partial charge in [-0.2, -0.15) is 0 Å². The molecule has 1 atom stereocenters. The zero-order chi connectivity index (χ0) is 12.4. The molecule has 0 amide bonds. The number of aryl methyl sites for hydroxylation is 1. The third kappa shape index (κ3) is 3.02. The smallest absolute Gasteiger partial charge is 0.0583 e. The van der Waals surface area contributed by atoms with Crippen LogP contribution in [0.2, 0.25) is 10.0 Å². The van der Waals surface area contributed by atoms with Gasteiger partial charge < -0.3 is 5.32 Å². The van der Waals surface area contributed by atoms with Gasteiger partial charge in [-0.15, -0.1) is 11.3 Å². The Hall–Kier alpha value is -0.540. The highest BCUT2D eigenvalue weighted by molar-refractivity contribution is 7.10. The van der Waals surface area contributed by atoms with Crippen molar-refractivity contribution in [3.8, 4) is 0 Å². The number of hydrogen-bond acceptors (Lipinski definition) is 2. The van der Waals surface area contributed by atoms with E-state index in [9.17, 15) is 0 Å². The molecule has 2 rings (SSSR count). The molecule has 0 aliphatic heterocycles. The van der Waals surface area contributed by atoms with Crippen LogP contribution in [0.1, 0.15) is 22.0 Å². The minimum Gasteiger partial charge on any atom is -0.309 e. The first-order chi connectivity index (χ1) is 8.10. The normalized spacial score (nSPS) is 12.7. The minimum absolute atomic E-state index is 0.135. The molecular formula is C13H13Cl2NS. The van der Waals surface area contributed by atoms with Gasteiger partial charge in [-0.25, -0.2) is 0 Å². The molecule has 0 radical (unpaired) electrons. The van der Waals surface area contributed by atoms with Gasteiger partial charge in [0.1, 0.15) is 0 Å². The molecule has 0 bridgehead atoms. The standard InChI is InChI=1S/C13H13Cl2NS/c1-8-3-10(7-17-8)13(16-2)9-4-11(14)6-12(15)5-9/h3-7,13,16H,1-2H3. The molecule has 0 saturated carbocycles. The van der Waals surface area contributed by atoms with Crippen LogP contribution in [0, 0.1) is 6.92 Å². The van der Waals surface area contributed by atoms with E-state index in [2.05, 4.69) is 23.7 Å². The van der Waals surface area contributed by atoms with Gasteiger partial charge >= 0.3 is 0 Å². The van der Waals surface area contributed by atoms with E-state index in [0.717, 1.165) is 5.56 Å². The Labute approximate surface area is 115 Å². The highest BCUT2D eigenvalue weighted by Gasteiger charge is 2.14. The van der Waals surface area contributed by atoms with Gasteiger partial charge in [0, 0.05) is 14.9 Å². The first-order valence-electron chi connectivity index (χ1n) is 5.28. The molecule has 2 aromatic rings. The lowest BCUT2D eigenvalue weighted by molar-refractivity contribution is 0.694. The summed E-state index contributed by atoms with van der Waals surface area (Å²) in [7, 11) is 1.94. The van der Waals surface area contributed by atoms with Crippen molar-refractivity contribution in [2.45, 2.75) is 13.0 Å². The summed E-state index contributed by atoms with van der Waals surface area (Å²) in [6, 6.07) is 7.96. The van der Waals surface area contributed by atoms with Crippen LogP contribution < -0.4 is 5.32 Å². The Kier molecular flexibility index (Phi) is 4.10. The van der Waals surface area contributed by atoms with Crippen LogP contribution in [-0.4, -0.2) is 7.05 Å². The highest BCUT2D eigenvalue weighted by Crippen LogP contribution is 2.29. The highest BCUT2D eigenvalue weighted by atomic mass is 35.5. The molecular weight excluding hydrogens is 273 g/mol. The Morgan fingerprint density at radius 1 is 1.06 bits per heavy atom. The second kappa shape index (κ2) is 5.40. The van der Waals surface area contributed by atoms with Gasteiger partial charge in [-0.1, -0.05) is 23.2 Å². The van der Waals surface area contributed by atoms with Crippen LogP contribution in [0.5, 0.6) is 0 Å². The van der Waals surface area contributed by atoms with Crippen LogP contribution in [0.25, 0.3) is 0 Å². The first-order valence-corrected chi connectivity index (χ1v) is 6.92. The molecule has 1 unspecified atom stereocenters. The number of hydrogen-bond donors (Lipinski definition) is 1. The second-order valence-electron chi connectivity index (χ2n) is 3.92. The molecule has 0 fully saturated rings. The third-order valence-electron chi connectivity index (χ3n) is 2.59. The Bertz CT molecular complexity index is 502. The van der Waals surface area contributed by atoms with E-state index in [1.54, 1.807) is 17.4 Å². The Balaban J connectivity index is 2.41. The summed E-state index contributed by atoms with van der Waals surface area (Å²) in [4.78, 5) is 1.30. The molecule has 0 aliphatic rings. The van der Waals surface area contributed by atoms with Crippen molar-refractivity contribution in [3.63, 3.8) is 0 Å². The summed E-state index contributed by atoms with van der Waals surface area (Å²) in [5.74, 6) is 0. The van der Waals surface area contributed by atoms with Crippen LogP contribution in [0.15, 0.2) is 29.6 Å². The van der Waals surface area contributed by atoms with Gasteiger partial charge in [0.2, 0.25) is 0 Å². The van der Waals surface area contributed by atoms with Crippen molar-refractivity contribution in [1.29, 1.82) is 0 Å². The maximum absolute atomic E-state index is 6.03. The number of thiophene rings is 1. The van der Waals surface area contributed by atoms with Crippen molar-refractivity contribution in [3.05, 3.63) is 55.7 Å². The predicted molar refractivity (Wildman–Crippen MR) is 76.4 cm³/mol. The van der Waals surface area contributed by atoms with Gasteiger partial charge in [0.25, 0.3) is 0 Å². The van der Waals surface area contributed by atoms with E-state index in [0.29, 0.717) is 10.0 Å². The lowest BCUT2D eigenvalue weighted by atomic mass is 10.0. The summed E-state index contributed by atoms with van der Waals surface area (Å²) in [6.07, 6.45) is 0. The second-order valence-corrected chi connectivity index (χ2v) is 5.90. The average molecular weight is 286 g/mol.